The Morgan fingerprint density at radius 2 is 0.303 bits per heavy atom. The molecule has 9 heteroatoms. The van der Waals surface area contributed by atoms with Gasteiger partial charge in [-0.25, -0.2) is 0 Å². The van der Waals surface area contributed by atoms with Crippen LogP contribution in [-0.2, 0) is 12.8 Å². The van der Waals surface area contributed by atoms with Crippen LogP contribution in [0.1, 0.15) is 22.3 Å². The van der Waals surface area contributed by atoms with Crippen LogP contribution in [0.5, 0.6) is 0 Å². The number of hydrogen-bond donors (Lipinski definition) is 0. The zero-order valence-corrected chi connectivity index (χ0v) is 58.1. The topological polar surface area (TPSA) is 9.72 Å². The Hall–Kier alpha value is -7.86. The van der Waals surface area contributed by atoms with Crippen molar-refractivity contribution < 1.29 is 0 Å². The molecule has 0 atom stereocenters. The number of benzene rings is 13. The molecule has 0 heterocycles. The minimum absolute atomic E-state index is 1.02. The van der Waals surface area contributed by atoms with Gasteiger partial charge in [-0.05, 0) is 162 Å². The third kappa shape index (κ3) is 21.1. The Balaban J connectivity index is 0.000000144. The van der Waals surface area contributed by atoms with Crippen molar-refractivity contribution >= 4 is 147 Å². The molecule has 3 nitrogen and oxygen atoms in total. The van der Waals surface area contributed by atoms with E-state index in [-0.39, 0.29) is 0 Å². The Kier molecular flexibility index (Phi) is 26.1. The summed E-state index contributed by atoms with van der Waals surface area (Å²) in [5.74, 6) is 0. The van der Waals surface area contributed by atoms with Crippen LogP contribution in [0.15, 0.2) is 385 Å². The molecule has 0 aliphatic rings. The van der Waals surface area contributed by atoms with Gasteiger partial charge < -0.3 is 14.7 Å². The largest absolute Gasteiger partial charge is 0.310 e. The van der Waals surface area contributed by atoms with Gasteiger partial charge in [0.15, 0.2) is 0 Å². The fourth-order valence-corrected chi connectivity index (χ4v) is 13.8. The number of rotatable bonds is 13. The lowest BCUT2D eigenvalue weighted by atomic mass is 10.1. The van der Waals surface area contributed by atoms with Gasteiger partial charge in [0, 0.05) is 78.0 Å². The highest BCUT2D eigenvalue weighted by Gasteiger charge is 2.18. The SMILES string of the molecule is Brc1cc(Br)cc(Br)c1.Brc1cc(Br)cc(N(c2ccccc2)c2ccccc2)c1.Brc1cc(N(c2ccccc2)c2ccccc2)cc(N(c2ccccc2)c2ccccc2)c1.c1ccc(Cc2ccccc2)cc1.c1ccc(Cc2ccccc2)cc1. The molecule has 13 aromatic carbocycles. The van der Waals surface area contributed by atoms with Crippen LogP contribution >= 0.6 is 95.6 Å². The van der Waals surface area contributed by atoms with Gasteiger partial charge in [0.05, 0.1) is 0 Å². The second kappa shape index (κ2) is 35.4. The molecule has 0 N–H and O–H groups in total. The van der Waals surface area contributed by atoms with Crippen molar-refractivity contribution in [1.29, 1.82) is 0 Å². The van der Waals surface area contributed by atoms with Crippen LogP contribution in [0, 0.1) is 0 Å². The molecule has 0 aromatic heterocycles. The Morgan fingerprint density at radius 3 is 0.494 bits per heavy atom. The molecule has 0 saturated carbocycles. The van der Waals surface area contributed by atoms with E-state index in [4.69, 9.17) is 0 Å². The van der Waals surface area contributed by atoms with Gasteiger partial charge in [-0.15, -0.1) is 0 Å². The van der Waals surface area contributed by atoms with Crippen molar-refractivity contribution in [2.75, 3.05) is 14.7 Å². The summed E-state index contributed by atoms with van der Waals surface area (Å²) in [6.07, 6.45) is 2.06. The maximum atomic E-state index is 3.79. The maximum absolute atomic E-state index is 3.79. The van der Waals surface area contributed by atoms with Crippen LogP contribution in [0.2, 0.25) is 0 Å². The highest BCUT2D eigenvalue weighted by molar-refractivity contribution is 9.12. The maximum Gasteiger partial charge on any atom is 0.0493 e. The van der Waals surface area contributed by atoms with Crippen LogP contribution in [0.25, 0.3) is 0 Å². The van der Waals surface area contributed by atoms with Gasteiger partial charge in [-0.2, -0.15) is 0 Å². The van der Waals surface area contributed by atoms with Crippen molar-refractivity contribution in [1.82, 2.24) is 0 Å². The molecule has 89 heavy (non-hydrogen) atoms. The summed E-state index contributed by atoms with van der Waals surface area (Å²) in [6, 6.07) is 124. The average Bonchev–Trinajstić information content (AvgIpc) is 1.59. The Bertz CT molecular complexity index is 3680. The van der Waals surface area contributed by atoms with E-state index in [2.05, 4.69) is 408 Å². The van der Waals surface area contributed by atoms with E-state index >= 15 is 0 Å². The van der Waals surface area contributed by atoms with E-state index in [1.54, 1.807) is 0 Å². The van der Waals surface area contributed by atoms with E-state index in [1.165, 1.54) is 22.3 Å². The molecular weight excluding hydrogens is 1480 g/mol. The summed E-state index contributed by atoms with van der Waals surface area (Å²) >= 11 is 21.0. The second-order valence-electron chi connectivity index (χ2n) is 20.2. The highest BCUT2D eigenvalue weighted by atomic mass is 79.9. The van der Waals surface area contributed by atoms with Gasteiger partial charge in [0.1, 0.15) is 0 Å². The first-order valence-corrected chi connectivity index (χ1v) is 33.6. The first kappa shape index (κ1) is 65.6. The first-order chi connectivity index (χ1) is 43.6. The van der Waals surface area contributed by atoms with E-state index < -0.39 is 0 Å². The molecule has 0 aliphatic heterocycles. The summed E-state index contributed by atoms with van der Waals surface area (Å²) in [5.41, 5.74) is 15.4. The first-order valence-electron chi connectivity index (χ1n) is 28.9. The fraction of sp³-hybridized carbons (Fsp3) is 0.0250. The molecule has 0 saturated heterocycles. The third-order valence-electron chi connectivity index (χ3n) is 13.6. The monoisotopic (exact) mass is 1540 g/mol. The quantitative estimate of drug-likeness (QED) is 0.114. The second-order valence-corrected chi connectivity index (χ2v) is 25.7. The van der Waals surface area contributed by atoms with E-state index in [0.29, 0.717) is 0 Å². The number of anilines is 9. The number of halogens is 6. The van der Waals surface area contributed by atoms with Crippen LogP contribution < -0.4 is 14.7 Å². The van der Waals surface area contributed by atoms with Crippen LogP contribution in [-0.4, -0.2) is 0 Å². The van der Waals surface area contributed by atoms with Gasteiger partial charge in [0.25, 0.3) is 0 Å². The zero-order valence-electron chi connectivity index (χ0n) is 48.6. The smallest absolute Gasteiger partial charge is 0.0493 e. The van der Waals surface area contributed by atoms with Crippen molar-refractivity contribution in [2.24, 2.45) is 0 Å². The van der Waals surface area contributed by atoms with Crippen molar-refractivity contribution in [3.8, 4) is 0 Å². The lowest BCUT2D eigenvalue weighted by molar-refractivity contribution is 1.19. The standard InChI is InChI=1S/C30H23BrN2.C18H13Br2N.2C13H12.C6H3Br3/c31-24-21-29(32(25-13-5-1-6-14-25)26-15-7-2-8-16-26)23-30(22-24)33(27-17-9-3-10-18-27)28-19-11-4-12-20-28;19-14-11-15(20)13-18(12-14)21(16-7-3-1-4-8-16)17-9-5-2-6-10-17;2*1-3-7-12(8-4-1)11-13-9-5-2-6-10-13;7-4-1-5(8)3-6(9)2-4/h1-23H;1-13H;2*1-10H,11H2;1-3H. The van der Waals surface area contributed by atoms with Crippen molar-refractivity contribution in [3.05, 3.63) is 407 Å². The predicted molar refractivity (Wildman–Crippen MR) is 401 cm³/mol. The summed E-state index contributed by atoms with van der Waals surface area (Å²) in [7, 11) is 0. The predicted octanol–water partition coefficient (Wildman–Crippen LogP) is 26.6. The van der Waals surface area contributed by atoms with Crippen molar-refractivity contribution in [2.45, 2.75) is 12.8 Å². The number of hydrogen-bond acceptors (Lipinski definition) is 3. The summed E-state index contributed by atoms with van der Waals surface area (Å²) in [4.78, 5) is 6.79. The van der Waals surface area contributed by atoms with Gasteiger partial charge in [0.2, 0.25) is 0 Å². The third-order valence-corrected chi connectivity index (χ3v) is 16.3. The number of para-hydroxylation sites is 6. The fourth-order valence-electron chi connectivity index (χ4n) is 9.66. The molecule has 13 rings (SSSR count). The molecule has 0 bridgehead atoms. The average molecular weight is 1550 g/mol. The molecule has 0 unspecified atom stereocenters. The normalized spacial score (nSPS) is 10.2. The molecule has 440 valence electrons. The minimum Gasteiger partial charge on any atom is -0.310 e. The van der Waals surface area contributed by atoms with Crippen LogP contribution in [0.3, 0.4) is 0 Å². The van der Waals surface area contributed by atoms with E-state index in [9.17, 15) is 0 Å². The molecule has 0 radical (unpaired) electrons. The Labute approximate surface area is 575 Å². The lowest BCUT2D eigenvalue weighted by Gasteiger charge is -2.29. The zero-order chi connectivity index (χ0) is 61.8. The molecule has 0 aliphatic carbocycles. The summed E-state index contributed by atoms with van der Waals surface area (Å²) < 4.78 is 6.33. The molecule has 0 spiro atoms. The summed E-state index contributed by atoms with van der Waals surface area (Å²) in [5, 5.41) is 0. The molecule has 0 fully saturated rings. The molecule has 0 amide bonds. The van der Waals surface area contributed by atoms with Gasteiger partial charge in [-0.1, -0.05) is 326 Å². The van der Waals surface area contributed by atoms with E-state index in [0.717, 1.165) is 90.9 Å². The van der Waals surface area contributed by atoms with E-state index in [1.807, 2.05) is 60.7 Å². The Morgan fingerprint density at radius 1 is 0.157 bits per heavy atom. The summed E-state index contributed by atoms with van der Waals surface area (Å²) in [6.45, 7) is 0. The highest BCUT2D eigenvalue weighted by Crippen LogP contribution is 2.42. The van der Waals surface area contributed by atoms with Gasteiger partial charge in [-0.3, -0.25) is 0 Å². The van der Waals surface area contributed by atoms with Crippen molar-refractivity contribution in [3.63, 3.8) is 0 Å². The molecular formula is C80H63Br6N3. The minimum atomic E-state index is 1.02. The van der Waals surface area contributed by atoms with Crippen LogP contribution in [0.4, 0.5) is 51.2 Å². The van der Waals surface area contributed by atoms with Gasteiger partial charge >= 0.3 is 0 Å². The number of nitrogens with zero attached hydrogens (tertiary/aromatic N) is 3. The molecule has 13 aromatic rings. The lowest BCUT2D eigenvalue weighted by Crippen LogP contribution is -2.13.